The quantitative estimate of drug-likeness (QED) is 0.798. The maximum atomic E-state index is 12.3. The number of hydrogen-bond donors (Lipinski definition) is 3. The van der Waals surface area contributed by atoms with Crippen LogP contribution in [0.15, 0.2) is 30.3 Å². The van der Waals surface area contributed by atoms with Crippen LogP contribution in [0.2, 0.25) is 0 Å². The lowest BCUT2D eigenvalue weighted by molar-refractivity contribution is -0.144. The van der Waals surface area contributed by atoms with Crippen LogP contribution in [-0.4, -0.2) is 22.0 Å². The number of nitrogens with one attached hydrogen (secondary N) is 1. The summed E-state index contributed by atoms with van der Waals surface area (Å²) in [5.41, 5.74) is 5.01. The van der Waals surface area contributed by atoms with Crippen molar-refractivity contribution in [2.75, 3.05) is 5.73 Å². The summed E-state index contributed by atoms with van der Waals surface area (Å²) in [4.78, 5) is 28.2. The summed E-state index contributed by atoms with van der Waals surface area (Å²) in [6, 6.07) is 8.53. The second-order valence-corrected chi connectivity index (χ2v) is 5.75. The first-order valence-corrected chi connectivity index (χ1v) is 7.00. The molecule has 1 unspecified atom stereocenters. The average Bonchev–Trinajstić information content (AvgIpc) is 2.78. The number of anilines is 1. The Morgan fingerprint density at radius 2 is 1.95 bits per heavy atom. The lowest BCUT2D eigenvalue weighted by Gasteiger charge is -2.26. The number of nitrogens with two attached hydrogens (primary N) is 1. The second-order valence-electron chi connectivity index (χ2n) is 4.72. The number of aryl methyl sites for hydroxylation is 1. The van der Waals surface area contributed by atoms with Crippen LogP contribution in [-0.2, 0) is 10.3 Å². The van der Waals surface area contributed by atoms with Crippen molar-refractivity contribution in [2.45, 2.75) is 19.4 Å². The second kappa shape index (κ2) is 5.53. The van der Waals surface area contributed by atoms with Gasteiger partial charge in [-0.1, -0.05) is 41.7 Å². The van der Waals surface area contributed by atoms with Gasteiger partial charge >= 0.3 is 5.97 Å². The standard InChI is InChI=1S/C14H15N3O3S/c1-8-10(21-13(15)16-8)11(18)17-14(2,12(19)20)9-6-4-3-5-7-9/h3-7H,1-2H3,(H2,15,16)(H,17,18)(H,19,20). The topological polar surface area (TPSA) is 105 Å². The summed E-state index contributed by atoms with van der Waals surface area (Å²) in [6.07, 6.45) is 0. The molecule has 0 fully saturated rings. The van der Waals surface area contributed by atoms with E-state index >= 15 is 0 Å². The summed E-state index contributed by atoms with van der Waals surface area (Å²) in [6.45, 7) is 3.10. The summed E-state index contributed by atoms with van der Waals surface area (Å²) < 4.78 is 0. The van der Waals surface area contributed by atoms with Crippen LogP contribution in [0.1, 0.15) is 27.9 Å². The molecule has 0 saturated carbocycles. The van der Waals surface area contributed by atoms with E-state index in [4.69, 9.17) is 5.73 Å². The van der Waals surface area contributed by atoms with Crippen molar-refractivity contribution in [2.24, 2.45) is 0 Å². The number of nitrogen functional groups attached to an aromatic ring is 1. The van der Waals surface area contributed by atoms with Crippen molar-refractivity contribution < 1.29 is 14.7 Å². The number of rotatable bonds is 4. The molecule has 110 valence electrons. The zero-order valence-corrected chi connectivity index (χ0v) is 12.4. The largest absolute Gasteiger partial charge is 0.479 e. The molecule has 21 heavy (non-hydrogen) atoms. The third kappa shape index (κ3) is 2.87. The number of carboxylic acids is 1. The predicted octanol–water partition coefficient (Wildman–Crippen LogP) is 1.76. The average molecular weight is 305 g/mol. The predicted molar refractivity (Wildman–Crippen MR) is 80.2 cm³/mol. The molecule has 6 nitrogen and oxygen atoms in total. The number of carbonyl (C=O) groups excluding carboxylic acids is 1. The van der Waals surface area contributed by atoms with E-state index in [1.807, 2.05) is 0 Å². The first-order valence-electron chi connectivity index (χ1n) is 6.19. The van der Waals surface area contributed by atoms with Crippen molar-refractivity contribution in [1.82, 2.24) is 10.3 Å². The molecule has 1 atom stereocenters. The van der Waals surface area contributed by atoms with Crippen molar-refractivity contribution in [3.63, 3.8) is 0 Å². The molecule has 0 bridgehead atoms. The highest BCUT2D eigenvalue weighted by Gasteiger charge is 2.37. The van der Waals surface area contributed by atoms with Gasteiger partial charge in [0.05, 0.1) is 5.69 Å². The molecule has 1 heterocycles. The van der Waals surface area contributed by atoms with Gasteiger partial charge in [0.2, 0.25) is 0 Å². The van der Waals surface area contributed by atoms with E-state index in [0.717, 1.165) is 11.3 Å². The first kappa shape index (κ1) is 15.0. The lowest BCUT2D eigenvalue weighted by Crippen LogP contribution is -2.49. The van der Waals surface area contributed by atoms with Gasteiger partial charge in [0.15, 0.2) is 10.7 Å². The third-order valence-corrected chi connectivity index (χ3v) is 4.15. The number of aliphatic carboxylic acids is 1. The molecule has 1 aromatic carbocycles. The molecule has 7 heteroatoms. The summed E-state index contributed by atoms with van der Waals surface area (Å²) in [5, 5.41) is 12.3. The molecule has 0 saturated heterocycles. The molecule has 1 aromatic heterocycles. The Balaban J connectivity index is 2.35. The minimum absolute atomic E-state index is 0.273. The van der Waals surface area contributed by atoms with E-state index in [1.54, 1.807) is 37.3 Å². The van der Waals surface area contributed by atoms with Gasteiger partial charge in [-0.25, -0.2) is 9.78 Å². The molecule has 4 N–H and O–H groups in total. The van der Waals surface area contributed by atoms with Crippen LogP contribution >= 0.6 is 11.3 Å². The fourth-order valence-electron chi connectivity index (χ4n) is 1.93. The van der Waals surface area contributed by atoms with E-state index in [-0.39, 0.29) is 5.13 Å². The van der Waals surface area contributed by atoms with E-state index in [0.29, 0.717) is 16.1 Å². The zero-order valence-electron chi connectivity index (χ0n) is 11.6. The maximum Gasteiger partial charge on any atom is 0.333 e. The van der Waals surface area contributed by atoms with Crippen LogP contribution < -0.4 is 11.1 Å². The van der Waals surface area contributed by atoms with E-state index in [1.165, 1.54) is 6.92 Å². The Bertz CT molecular complexity index is 684. The van der Waals surface area contributed by atoms with Crippen LogP contribution in [0.5, 0.6) is 0 Å². The van der Waals surface area contributed by atoms with Crippen molar-refractivity contribution >= 4 is 28.3 Å². The summed E-state index contributed by atoms with van der Waals surface area (Å²) in [5.74, 6) is -1.65. The van der Waals surface area contributed by atoms with Crippen molar-refractivity contribution in [3.8, 4) is 0 Å². The molecule has 0 aliphatic carbocycles. The highest BCUT2D eigenvalue weighted by Crippen LogP contribution is 2.24. The van der Waals surface area contributed by atoms with E-state index in [9.17, 15) is 14.7 Å². The normalized spacial score (nSPS) is 13.4. The SMILES string of the molecule is Cc1nc(N)sc1C(=O)NC(C)(C(=O)O)c1ccccc1. The van der Waals surface area contributed by atoms with Crippen LogP contribution in [0.4, 0.5) is 5.13 Å². The van der Waals surface area contributed by atoms with Gasteiger partial charge in [0.1, 0.15) is 4.88 Å². The Morgan fingerprint density at radius 3 is 2.43 bits per heavy atom. The van der Waals surface area contributed by atoms with Gasteiger partial charge in [-0.2, -0.15) is 0 Å². The highest BCUT2D eigenvalue weighted by molar-refractivity contribution is 7.17. The molecule has 2 rings (SSSR count). The maximum absolute atomic E-state index is 12.3. The van der Waals surface area contributed by atoms with E-state index in [2.05, 4.69) is 10.3 Å². The number of amides is 1. The minimum atomic E-state index is -1.52. The number of thiazole rings is 1. The molecule has 0 aliphatic rings. The Kier molecular flexibility index (Phi) is 3.95. The summed E-state index contributed by atoms with van der Waals surface area (Å²) >= 11 is 1.03. The van der Waals surface area contributed by atoms with Crippen LogP contribution in [0.3, 0.4) is 0 Å². The number of carbonyl (C=O) groups is 2. The van der Waals surface area contributed by atoms with Gasteiger partial charge in [0.25, 0.3) is 5.91 Å². The Labute approximate surface area is 125 Å². The number of nitrogens with zero attached hydrogens (tertiary/aromatic N) is 1. The molecular formula is C14H15N3O3S. The van der Waals surface area contributed by atoms with Gasteiger partial charge in [-0.3, -0.25) is 4.79 Å². The zero-order chi connectivity index (χ0) is 15.6. The van der Waals surface area contributed by atoms with E-state index < -0.39 is 17.4 Å². The van der Waals surface area contributed by atoms with Gasteiger partial charge < -0.3 is 16.2 Å². The first-order chi connectivity index (χ1) is 9.84. The highest BCUT2D eigenvalue weighted by atomic mass is 32.1. The van der Waals surface area contributed by atoms with Gasteiger partial charge in [0, 0.05) is 0 Å². The van der Waals surface area contributed by atoms with Crippen molar-refractivity contribution in [1.29, 1.82) is 0 Å². The molecule has 2 aromatic rings. The number of aromatic nitrogens is 1. The minimum Gasteiger partial charge on any atom is -0.479 e. The third-order valence-electron chi connectivity index (χ3n) is 3.16. The Morgan fingerprint density at radius 1 is 1.33 bits per heavy atom. The number of carboxylic acid groups (broad SMARTS) is 1. The molecule has 0 aliphatic heterocycles. The fraction of sp³-hybridized carbons (Fsp3) is 0.214. The lowest BCUT2D eigenvalue weighted by atomic mass is 9.92. The summed E-state index contributed by atoms with van der Waals surface area (Å²) in [7, 11) is 0. The van der Waals surface area contributed by atoms with Crippen LogP contribution in [0, 0.1) is 6.92 Å². The smallest absolute Gasteiger partial charge is 0.333 e. The molecule has 1 amide bonds. The van der Waals surface area contributed by atoms with Gasteiger partial charge in [-0.05, 0) is 19.4 Å². The molecular weight excluding hydrogens is 290 g/mol. The van der Waals surface area contributed by atoms with Crippen LogP contribution in [0.25, 0.3) is 0 Å². The van der Waals surface area contributed by atoms with Crippen molar-refractivity contribution in [3.05, 3.63) is 46.5 Å². The monoisotopic (exact) mass is 305 g/mol. The van der Waals surface area contributed by atoms with Gasteiger partial charge in [-0.15, -0.1) is 0 Å². The number of benzene rings is 1. The fourth-order valence-corrected chi connectivity index (χ4v) is 2.66. The molecule has 0 spiro atoms. The Hall–Kier alpha value is -2.41. The number of hydrogen-bond acceptors (Lipinski definition) is 5. The molecule has 0 radical (unpaired) electrons.